The van der Waals surface area contributed by atoms with Gasteiger partial charge in [0.05, 0.1) is 46.2 Å². The summed E-state index contributed by atoms with van der Waals surface area (Å²) in [7, 11) is -2.33. The van der Waals surface area contributed by atoms with Gasteiger partial charge in [0.1, 0.15) is 12.7 Å². The molecule has 6 atom stereocenters. The number of aliphatic hydroxyl groups is 1. The van der Waals surface area contributed by atoms with Crippen LogP contribution in [0.3, 0.4) is 0 Å². The molecule has 1 unspecified atom stereocenters. The van der Waals surface area contributed by atoms with Crippen molar-refractivity contribution in [3.8, 4) is 0 Å². The molecule has 3 aromatic carbocycles. The maximum absolute atomic E-state index is 13.5. The van der Waals surface area contributed by atoms with E-state index in [1.165, 1.54) is 19.2 Å². The summed E-state index contributed by atoms with van der Waals surface area (Å²) in [6, 6.07) is 24.9. The Morgan fingerprint density at radius 2 is 1.39 bits per heavy atom. The SMILES string of the molecule is C=C(C)C(=C)[C@@H](O)C[C@@H]1O[C@H](C[C@@H](COC(=O)c2ccccc2)OC(=O)c2ccccc2)[C@H](OC)C1CS(=O)(=O)c1ccccc1. The van der Waals surface area contributed by atoms with Gasteiger partial charge in [-0.25, -0.2) is 18.0 Å². The highest BCUT2D eigenvalue weighted by Gasteiger charge is 2.48. The van der Waals surface area contributed by atoms with Crippen LogP contribution < -0.4 is 0 Å². The average Bonchev–Trinajstić information content (AvgIpc) is 3.37. The lowest BCUT2D eigenvalue weighted by atomic mass is 9.90. The van der Waals surface area contributed by atoms with Gasteiger partial charge in [0.25, 0.3) is 0 Å². The zero-order valence-electron chi connectivity index (χ0n) is 26.0. The largest absolute Gasteiger partial charge is 0.458 e. The second-order valence-electron chi connectivity index (χ2n) is 11.3. The summed E-state index contributed by atoms with van der Waals surface area (Å²) in [5.74, 6) is -2.24. The van der Waals surface area contributed by atoms with Gasteiger partial charge in [0.15, 0.2) is 9.84 Å². The van der Waals surface area contributed by atoms with Crippen molar-refractivity contribution in [3.63, 3.8) is 0 Å². The van der Waals surface area contributed by atoms with Crippen LogP contribution in [0, 0.1) is 5.92 Å². The topological polar surface area (TPSA) is 125 Å². The van der Waals surface area contributed by atoms with Crippen LogP contribution in [0.4, 0.5) is 0 Å². The summed E-state index contributed by atoms with van der Waals surface area (Å²) in [4.78, 5) is 26.0. The number of carbonyl (C=O) groups is 2. The third kappa shape index (κ3) is 9.01. The van der Waals surface area contributed by atoms with Crippen LogP contribution in [0.2, 0.25) is 0 Å². The molecule has 1 heterocycles. The number of ether oxygens (including phenoxy) is 4. The van der Waals surface area contributed by atoms with Gasteiger partial charge >= 0.3 is 11.9 Å². The van der Waals surface area contributed by atoms with Crippen LogP contribution in [-0.4, -0.2) is 75.5 Å². The maximum atomic E-state index is 13.5. The van der Waals surface area contributed by atoms with Crippen molar-refractivity contribution in [1.82, 2.24) is 0 Å². The van der Waals surface area contributed by atoms with E-state index >= 15 is 0 Å². The van der Waals surface area contributed by atoms with Crippen LogP contribution in [0.1, 0.15) is 40.5 Å². The van der Waals surface area contributed by atoms with Crippen molar-refractivity contribution in [2.24, 2.45) is 5.92 Å². The number of rotatable bonds is 15. The highest BCUT2D eigenvalue weighted by atomic mass is 32.2. The second kappa shape index (κ2) is 16.0. The highest BCUT2D eigenvalue weighted by Crippen LogP contribution is 2.37. The normalized spacial score (nSPS) is 20.8. The van der Waals surface area contributed by atoms with Gasteiger partial charge < -0.3 is 24.1 Å². The summed E-state index contributed by atoms with van der Waals surface area (Å²) in [6.07, 6.45) is -4.26. The Kier molecular flexibility index (Phi) is 12.1. The summed E-state index contributed by atoms with van der Waals surface area (Å²) < 4.78 is 50.7. The number of benzene rings is 3. The van der Waals surface area contributed by atoms with Crippen molar-refractivity contribution in [2.75, 3.05) is 19.5 Å². The summed E-state index contributed by atoms with van der Waals surface area (Å²) in [6.45, 7) is 9.21. The van der Waals surface area contributed by atoms with E-state index in [1.54, 1.807) is 85.8 Å². The van der Waals surface area contributed by atoms with Gasteiger partial charge in [-0.3, -0.25) is 0 Å². The second-order valence-corrected chi connectivity index (χ2v) is 13.4. The van der Waals surface area contributed by atoms with E-state index in [2.05, 4.69) is 13.2 Å². The van der Waals surface area contributed by atoms with E-state index in [9.17, 15) is 23.1 Å². The van der Waals surface area contributed by atoms with Crippen LogP contribution in [-0.2, 0) is 28.8 Å². The average molecular weight is 649 g/mol. The van der Waals surface area contributed by atoms with E-state index in [0.29, 0.717) is 22.3 Å². The summed E-state index contributed by atoms with van der Waals surface area (Å²) >= 11 is 0. The van der Waals surface area contributed by atoms with Crippen molar-refractivity contribution < 1.29 is 42.1 Å². The molecule has 9 nitrogen and oxygen atoms in total. The first-order valence-corrected chi connectivity index (χ1v) is 16.6. The van der Waals surface area contributed by atoms with Gasteiger partial charge in [-0.05, 0) is 48.9 Å². The fraction of sp³-hybridized carbons (Fsp3) is 0.333. The zero-order chi connectivity index (χ0) is 33.3. The molecule has 4 rings (SSSR count). The molecule has 1 N–H and O–H groups in total. The minimum absolute atomic E-state index is 0.0229. The number of methoxy groups -OCH3 is 1. The molecule has 0 saturated carbocycles. The van der Waals surface area contributed by atoms with Crippen molar-refractivity contribution in [3.05, 3.63) is 126 Å². The third-order valence-corrected chi connectivity index (χ3v) is 9.81. The van der Waals surface area contributed by atoms with Crippen molar-refractivity contribution in [2.45, 2.75) is 55.2 Å². The number of carbonyl (C=O) groups excluding carboxylic acids is 2. The van der Waals surface area contributed by atoms with Crippen LogP contribution >= 0.6 is 0 Å². The molecular weight excluding hydrogens is 608 g/mol. The highest BCUT2D eigenvalue weighted by molar-refractivity contribution is 7.91. The maximum Gasteiger partial charge on any atom is 0.338 e. The number of sulfone groups is 1. The molecule has 0 aliphatic carbocycles. The van der Waals surface area contributed by atoms with E-state index < -0.39 is 58.2 Å². The number of hydrogen-bond acceptors (Lipinski definition) is 9. The molecule has 3 aromatic rings. The lowest BCUT2D eigenvalue weighted by molar-refractivity contribution is -0.0560. The predicted octanol–water partition coefficient (Wildman–Crippen LogP) is 5.21. The molecule has 46 heavy (non-hydrogen) atoms. The zero-order valence-corrected chi connectivity index (χ0v) is 26.8. The Morgan fingerprint density at radius 1 is 0.848 bits per heavy atom. The standard InChI is InChI=1S/C36H40O9S/c1-24(2)25(3)31(37)21-32-30(23-46(40,41)29-18-12-7-13-19-29)34(42-4)33(45-32)20-28(44-36(39)27-16-10-6-11-17-27)22-43-35(38)26-14-8-5-9-15-26/h5-19,28,30-34,37H,1,3,20-23H2,2,4H3/t28-,30?,31-,32-,33+,34+/m0/s1. The Bertz CT molecular complexity index is 1590. The predicted molar refractivity (Wildman–Crippen MR) is 173 cm³/mol. The molecule has 1 aliphatic heterocycles. The fourth-order valence-electron chi connectivity index (χ4n) is 5.49. The van der Waals surface area contributed by atoms with Gasteiger partial charge in [-0.1, -0.05) is 73.3 Å². The van der Waals surface area contributed by atoms with Gasteiger partial charge in [-0.2, -0.15) is 0 Å². The molecular formula is C36H40O9S. The molecule has 1 aliphatic rings. The lowest BCUT2D eigenvalue weighted by Crippen LogP contribution is -2.38. The Hall–Kier alpha value is -4.09. The molecule has 0 bridgehead atoms. The molecule has 0 aromatic heterocycles. The van der Waals surface area contributed by atoms with Gasteiger partial charge in [-0.15, -0.1) is 0 Å². The summed E-state index contributed by atoms with van der Waals surface area (Å²) in [5.41, 5.74) is 1.64. The molecule has 0 amide bonds. The third-order valence-electron chi connectivity index (χ3n) is 8.00. The molecule has 0 radical (unpaired) electrons. The van der Waals surface area contributed by atoms with E-state index in [-0.39, 0.29) is 30.1 Å². The minimum Gasteiger partial charge on any atom is -0.458 e. The van der Waals surface area contributed by atoms with E-state index in [4.69, 9.17) is 18.9 Å². The summed E-state index contributed by atoms with van der Waals surface area (Å²) in [5, 5.41) is 10.9. The molecule has 1 fully saturated rings. The quantitative estimate of drug-likeness (QED) is 0.175. The molecule has 10 heteroatoms. The van der Waals surface area contributed by atoms with E-state index in [0.717, 1.165) is 0 Å². The Balaban J connectivity index is 1.60. The Morgan fingerprint density at radius 3 is 1.93 bits per heavy atom. The lowest BCUT2D eigenvalue weighted by Gasteiger charge is -2.26. The van der Waals surface area contributed by atoms with Crippen LogP contribution in [0.5, 0.6) is 0 Å². The van der Waals surface area contributed by atoms with Crippen molar-refractivity contribution >= 4 is 21.8 Å². The van der Waals surface area contributed by atoms with Gasteiger partial charge in [0, 0.05) is 25.9 Å². The molecule has 1 saturated heterocycles. The van der Waals surface area contributed by atoms with Crippen LogP contribution in [0.15, 0.2) is 120 Å². The first kappa shape index (κ1) is 34.8. The van der Waals surface area contributed by atoms with Gasteiger partial charge in [0.2, 0.25) is 0 Å². The monoisotopic (exact) mass is 648 g/mol. The number of esters is 2. The van der Waals surface area contributed by atoms with Crippen LogP contribution in [0.25, 0.3) is 0 Å². The number of hydrogen-bond donors (Lipinski definition) is 1. The van der Waals surface area contributed by atoms with Crippen molar-refractivity contribution in [1.29, 1.82) is 0 Å². The first-order chi connectivity index (χ1) is 22.0. The fourth-order valence-corrected chi connectivity index (χ4v) is 7.17. The molecule has 0 spiro atoms. The van der Waals surface area contributed by atoms with E-state index in [1.807, 2.05) is 0 Å². The smallest absolute Gasteiger partial charge is 0.338 e. The first-order valence-electron chi connectivity index (χ1n) is 15.0. The minimum atomic E-state index is -3.79. The Labute approximate surface area is 270 Å². The number of aliphatic hydroxyl groups excluding tert-OH is 1. The molecule has 244 valence electrons.